The van der Waals surface area contributed by atoms with Crippen LogP contribution in [0.25, 0.3) is 11.3 Å². The van der Waals surface area contributed by atoms with Crippen LogP contribution in [0.3, 0.4) is 0 Å². The summed E-state index contributed by atoms with van der Waals surface area (Å²) in [5, 5.41) is 12.9. The number of rotatable bonds is 4. The van der Waals surface area contributed by atoms with E-state index in [1.165, 1.54) is 12.1 Å². The lowest BCUT2D eigenvalue weighted by Crippen LogP contribution is -2.52. The van der Waals surface area contributed by atoms with Gasteiger partial charge in [0.15, 0.2) is 0 Å². The van der Waals surface area contributed by atoms with Crippen molar-refractivity contribution in [2.24, 2.45) is 5.92 Å². The van der Waals surface area contributed by atoms with Gasteiger partial charge in [0.05, 0.1) is 5.69 Å². The van der Waals surface area contributed by atoms with E-state index in [0.717, 1.165) is 44.1 Å². The highest BCUT2D eigenvalue weighted by Crippen LogP contribution is 2.29. The van der Waals surface area contributed by atoms with Gasteiger partial charge in [-0.2, -0.15) is 0 Å². The zero-order valence-electron chi connectivity index (χ0n) is 13.4. The topological polar surface area (TPSA) is 50.1 Å². The van der Waals surface area contributed by atoms with E-state index in [1.807, 2.05) is 6.20 Å². The van der Waals surface area contributed by atoms with Crippen LogP contribution < -0.4 is 5.32 Å². The number of benzene rings is 1. The molecule has 1 saturated carbocycles. The molecule has 3 unspecified atom stereocenters. The number of hydrogen-bond donors (Lipinski definition) is 2. The lowest BCUT2D eigenvalue weighted by Gasteiger charge is -2.39. The lowest BCUT2D eigenvalue weighted by molar-refractivity contribution is 0.103. The van der Waals surface area contributed by atoms with Crippen LogP contribution in [-0.4, -0.2) is 33.3 Å². The molecule has 24 heavy (non-hydrogen) atoms. The summed E-state index contributed by atoms with van der Waals surface area (Å²) in [7, 11) is 0. The Morgan fingerprint density at radius 3 is 2.83 bits per heavy atom. The van der Waals surface area contributed by atoms with Crippen molar-refractivity contribution in [1.29, 1.82) is 0 Å². The minimum absolute atomic E-state index is 0.245. The molecular weight excluding hydrogens is 312 g/mol. The van der Waals surface area contributed by atoms with Crippen LogP contribution in [0.2, 0.25) is 0 Å². The van der Waals surface area contributed by atoms with Gasteiger partial charge in [0.2, 0.25) is 0 Å². The standard InChI is InChI=1S/C18H21F2N3O/c19-12-2-4-14(15(20)7-12)17-9-23-8-13(3-6-18(23)22-17)21-16-5-1-11(16)10-24/h2,4,7,9,11,13,16,21,24H,1,3,5-6,8,10H2. The predicted octanol–water partition coefficient (Wildman–Crippen LogP) is 2.50. The Balaban J connectivity index is 1.49. The first-order valence-electron chi connectivity index (χ1n) is 8.52. The fourth-order valence-electron chi connectivity index (χ4n) is 3.72. The normalized spacial score (nSPS) is 26.0. The number of imidazole rings is 1. The molecular formula is C18H21F2N3O. The van der Waals surface area contributed by atoms with Gasteiger partial charge in [0, 0.05) is 49.5 Å². The SMILES string of the molecule is OCC1CCC1NC1CCc2nc(-c3ccc(F)cc3F)cn2C1. The quantitative estimate of drug-likeness (QED) is 0.904. The van der Waals surface area contributed by atoms with Crippen LogP contribution >= 0.6 is 0 Å². The molecule has 2 aromatic rings. The van der Waals surface area contributed by atoms with Gasteiger partial charge < -0.3 is 15.0 Å². The highest BCUT2D eigenvalue weighted by Gasteiger charge is 2.32. The molecule has 1 aromatic heterocycles. The molecule has 4 rings (SSSR count). The van der Waals surface area contributed by atoms with E-state index in [2.05, 4.69) is 14.9 Å². The van der Waals surface area contributed by atoms with Crippen LogP contribution in [0, 0.1) is 17.6 Å². The molecule has 1 aliphatic heterocycles. The maximum atomic E-state index is 14.0. The third kappa shape index (κ3) is 2.84. The number of nitrogens with zero attached hydrogens (tertiary/aromatic N) is 2. The molecule has 6 heteroatoms. The second-order valence-corrected chi connectivity index (χ2v) is 6.85. The van der Waals surface area contributed by atoms with Gasteiger partial charge in [-0.3, -0.25) is 0 Å². The number of nitrogens with one attached hydrogen (secondary N) is 1. The minimum atomic E-state index is -0.583. The molecule has 0 radical (unpaired) electrons. The predicted molar refractivity (Wildman–Crippen MR) is 86.4 cm³/mol. The van der Waals surface area contributed by atoms with Crippen molar-refractivity contribution in [2.75, 3.05) is 6.61 Å². The number of aryl methyl sites for hydroxylation is 1. The van der Waals surface area contributed by atoms with Gasteiger partial charge in [-0.1, -0.05) is 0 Å². The zero-order valence-corrected chi connectivity index (χ0v) is 13.4. The van der Waals surface area contributed by atoms with Crippen LogP contribution in [0.4, 0.5) is 8.78 Å². The van der Waals surface area contributed by atoms with Gasteiger partial charge in [0.1, 0.15) is 17.5 Å². The largest absolute Gasteiger partial charge is 0.396 e. The molecule has 1 aliphatic carbocycles. The van der Waals surface area contributed by atoms with E-state index in [0.29, 0.717) is 29.3 Å². The molecule has 3 atom stereocenters. The van der Waals surface area contributed by atoms with E-state index in [4.69, 9.17) is 0 Å². The van der Waals surface area contributed by atoms with Crippen molar-refractivity contribution in [3.63, 3.8) is 0 Å². The average molecular weight is 333 g/mol. The monoisotopic (exact) mass is 333 g/mol. The molecule has 0 spiro atoms. The van der Waals surface area contributed by atoms with Crippen LogP contribution in [0.5, 0.6) is 0 Å². The number of aliphatic hydroxyl groups excluding tert-OH is 1. The third-order valence-electron chi connectivity index (χ3n) is 5.30. The van der Waals surface area contributed by atoms with Crippen molar-refractivity contribution in [1.82, 2.24) is 14.9 Å². The second-order valence-electron chi connectivity index (χ2n) is 6.85. The molecule has 128 valence electrons. The van der Waals surface area contributed by atoms with E-state index in [1.54, 1.807) is 0 Å². The summed E-state index contributed by atoms with van der Waals surface area (Å²) in [6.45, 7) is 1.04. The highest BCUT2D eigenvalue weighted by atomic mass is 19.1. The Hall–Kier alpha value is -1.79. The Morgan fingerprint density at radius 1 is 1.25 bits per heavy atom. The summed E-state index contributed by atoms with van der Waals surface area (Å²) in [6.07, 6.45) is 5.87. The average Bonchev–Trinajstić information content (AvgIpc) is 2.94. The first-order valence-corrected chi connectivity index (χ1v) is 8.52. The fraction of sp³-hybridized carbons (Fsp3) is 0.500. The molecule has 2 heterocycles. The zero-order chi connectivity index (χ0) is 16.7. The number of hydrogen-bond acceptors (Lipinski definition) is 3. The van der Waals surface area contributed by atoms with Crippen molar-refractivity contribution in [3.8, 4) is 11.3 Å². The third-order valence-corrected chi connectivity index (χ3v) is 5.30. The van der Waals surface area contributed by atoms with Crippen LogP contribution in [0.15, 0.2) is 24.4 Å². The van der Waals surface area contributed by atoms with E-state index in [-0.39, 0.29) is 6.61 Å². The molecule has 2 N–H and O–H groups in total. The Kier molecular flexibility index (Phi) is 4.10. The summed E-state index contributed by atoms with van der Waals surface area (Å²) in [4.78, 5) is 4.52. The Labute approximate surface area is 139 Å². The van der Waals surface area contributed by atoms with E-state index >= 15 is 0 Å². The molecule has 0 saturated heterocycles. The van der Waals surface area contributed by atoms with E-state index in [9.17, 15) is 13.9 Å². The minimum Gasteiger partial charge on any atom is -0.396 e. The second kappa shape index (κ2) is 6.26. The first kappa shape index (κ1) is 15.7. The van der Waals surface area contributed by atoms with Crippen LogP contribution in [-0.2, 0) is 13.0 Å². The highest BCUT2D eigenvalue weighted by molar-refractivity contribution is 5.59. The fourth-order valence-corrected chi connectivity index (χ4v) is 3.72. The number of aliphatic hydroxyl groups is 1. The number of halogens is 2. The molecule has 1 aromatic carbocycles. The Bertz CT molecular complexity index is 744. The van der Waals surface area contributed by atoms with Gasteiger partial charge in [-0.05, 0) is 37.3 Å². The van der Waals surface area contributed by atoms with Gasteiger partial charge in [-0.15, -0.1) is 0 Å². The maximum Gasteiger partial charge on any atom is 0.135 e. The Morgan fingerprint density at radius 2 is 2.12 bits per heavy atom. The van der Waals surface area contributed by atoms with Gasteiger partial charge in [0.25, 0.3) is 0 Å². The van der Waals surface area contributed by atoms with Crippen molar-refractivity contribution in [2.45, 2.75) is 44.3 Å². The number of aromatic nitrogens is 2. The summed E-state index contributed by atoms with van der Waals surface area (Å²) in [6, 6.07) is 4.33. The summed E-state index contributed by atoms with van der Waals surface area (Å²) >= 11 is 0. The summed E-state index contributed by atoms with van der Waals surface area (Å²) in [5.74, 6) is 0.154. The van der Waals surface area contributed by atoms with Crippen molar-refractivity contribution < 1.29 is 13.9 Å². The molecule has 0 bridgehead atoms. The van der Waals surface area contributed by atoms with Crippen molar-refractivity contribution >= 4 is 0 Å². The van der Waals surface area contributed by atoms with Gasteiger partial charge >= 0.3 is 0 Å². The van der Waals surface area contributed by atoms with Crippen molar-refractivity contribution in [3.05, 3.63) is 41.9 Å². The van der Waals surface area contributed by atoms with E-state index < -0.39 is 11.6 Å². The number of fused-ring (bicyclic) bond motifs is 1. The van der Waals surface area contributed by atoms with Gasteiger partial charge in [-0.25, -0.2) is 13.8 Å². The maximum absolute atomic E-state index is 14.0. The van der Waals surface area contributed by atoms with Crippen LogP contribution in [0.1, 0.15) is 25.1 Å². The smallest absolute Gasteiger partial charge is 0.135 e. The first-order chi connectivity index (χ1) is 11.6. The lowest BCUT2D eigenvalue weighted by atomic mass is 9.79. The molecule has 0 amide bonds. The molecule has 1 fully saturated rings. The summed E-state index contributed by atoms with van der Waals surface area (Å²) < 4.78 is 29.1. The molecule has 2 aliphatic rings. The molecule has 4 nitrogen and oxygen atoms in total. The summed E-state index contributed by atoms with van der Waals surface area (Å²) in [5.41, 5.74) is 0.891.